The van der Waals surface area contributed by atoms with Crippen molar-refractivity contribution < 1.29 is 14.3 Å². The number of hydrogen-bond acceptors (Lipinski definition) is 5. The molecule has 0 spiro atoms. The van der Waals surface area contributed by atoms with Gasteiger partial charge in [0.25, 0.3) is 0 Å². The van der Waals surface area contributed by atoms with E-state index in [-0.39, 0.29) is 11.9 Å². The van der Waals surface area contributed by atoms with Gasteiger partial charge in [-0.3, -0.25) is 4.79 Å². The molecule has 0 unspecified atom stereocenters. The van der Waals surface area contributed by atoms with Gasteiger partial charge in [-0.1, -0.05) is 78.9 Å². The van der Waals surface area contributed by atoms with E-state index in [1.807, 2.05) is 53.6 Å². The minimum atomic E-state index is -0.762. The molecule has 1 saturated heterocycles. The van der Waals surface area contributed by atoms with E-state index in [1.54, 1.807) is 0 Å². The van der Waals surface area contributed by atoms with Crippen LogP contribution in [0.3, 0.4) is 0 Å². The second kappa shape index (κ2) is 12.0. The molecule has 1 aliphatic heterocycles. The Morgan fingerprint density at radius 3 is 2.36 bits per heavy atom. The minimum absolute atomic E-state index is 0.157. The molecule has 1 fully saturated rings. The summed E-state index contributed by atoms with van der Waals surface area (Å²) in [4.78, 5) is 35.8. The minimum Gasteiger partial charge on any atom is -0.453 e. The number of imidazole rings is 1. The maximum Gasteiger partial charge on any atom is 0.407 e. The zero-order valence-corrected chi connectivity index (χ0v) is 22.0. The van der Waals surface area contributed by atoms with Gasteiger partial charge in [0, 0.05) is 19.5 Å². The highest BCUT2D eigenvalue weighted by Gasteiger charge is 2.36. The van der Waals surface area contributed by atoms with Crippen LogP contribution >= 0.6 is 0 Å². The van der Waals surface area contributed by atoms with Crippen molar-refractivity contribution in [2.24, 2.45) is 5.73 Å². The lowest BCUT2D eigenvalue weighted by Crippen LogP contribution is -2.49. The number of H-pyrrole nitrogens is 1. The summed E-state index contributed by atoms with van der Waals surface area (Å²) in [7, 11) is 1.29. The molecule has 5 rings (SSSR count). The Kier molecular flexibility index (Phi) is 8.03. The first kappa shape index (κ1) is 26.2. The first-order valence-corrected chi connectivity index (χ1v) is 13.2. The molecular weight excluding hydrogens is 490 g/mol. The molecule has 200 valence electrons. The Morgan fingerprint density at radius 1 is 1.00 bits per heavy atom. The van der Waals surface area contributed by atoms with Gasteiger partial charge in [-0.2, -0.15) is 0 Å². The molecule has 8 nitrogen and oxygen atoms in total. The summed E-state index contributed by atoms with van der Waals surface area (Å²) in [5.74, 6) is 0.586. The van der Waals surface area contributed by atoms with Gasteiger partial charge in [0.05, 0.1) is 25.0 Å². The first-order valence-electron chi connectivity index (χ1n) is 13.2. The van der Waals surface area contributed by atoms with Crippen molar-refractivity contribution in [3.8, 4) is 22.4 Å². The van der Waals surface area contributed by atoms with Crippen molar-refractivity contribution in [2.75, 3.05) is 13.7 Å². The summed E-state index contributed by atoms with van der Waals surface area (Å²) in [6, 6.07) is 25.4. The number of rotatable bonds is 8. The monoisotopic (exact) mass is 523 g/mol. The first-order chi connectivity index (χ1) is 19.1. The number of alkyl carbamates (subject to hydrolysis) is 1. The lowest BCUT2D eigenvalue weighted by molar-refractivity contribution is -0.134. The predicted molar refractivity (Wildman–Crippen MR) is 151 cm³/mol. The van der Waals surface area contributed by atoms with Crippen LogP contribution in [0.25, 0.3) is 22.4 Å². The fourth-order valence-corrected chi connectivity index (χ4v) is 5.09. The van der Waals surface area contributed by atoms with Crippen LogP contribution < -0.4 is 11.1 Å². The predicted octanol–water partition coefficient (Wildman–Crippen LogP) is 4.83. The number of benzene rings is 3. The molecule has 8 heteroatoms. The Hall–Kier alpha value is -4.43. The Bertz CT molecular complexity index is 1400. The fourth-order valence-electron chi connectivity index (χ4n) is 5.09. The van der Waals surface area contributed by atoms with Crippen LogP contribution in [0.2, 0.25) is 0 Å². The number of carbonyl (C=O) groups is 2. The third kappa shape index (κ3) is 6.02. The number of carbonyl (C=O) groups excluding carboxylic acids is 2. The van der Waals surface area contributed by atoms with Crippen LogP contribution in [-0.4, -0.2) is 46.6 Å². The molecule has 39 heavy (non-hydrogen) atoms. The number of amides is 2. The summed E-state index contributed by atoms with van der Waals surface area (Å²) in [5.41, 5.74) is 11.9. The van der Waals surface area contributed by atoms with Crippen LogP contribution in [0, 0.1) is 0 Å². The van der Waals surface area contributed by atoms with Gasteiger partial charge in [0.2, 0.25) is 5.91 Å². The third-order valence-corrected chi connectivity index (χ3v) is 7.22. The van der Waals surface area contributed by atoms with Crippen molar-refractivity contribution in [3.63, 3.8) is 0 Å². The molecule has 1 aliphatic rings. The second-order valence-electron chi connectivity index (χ2n) is 9.73. The molecule has 0 bridgehead atoms. The molecule has 4 aromatic rings. The van der Waals surface area contributed by atoms with Gasteiger partial charge in [-0.15, -0.1) is 0 Å². The van der Waals surface area contributed by atoms with Gasteiger partial charge < -0.3 is 25.7 Å². The standard InChI is InChI=1S/C31H33N5O3/c1-39-31(38)35-26(18-21-9-11-22(19-32)12-10-21)30(37)36-17-5-8-28(36)29-33-20-27(34-29)25-15-13-24(14-16-25)23-6-3-2-4-7-23/h2-4,6-7,9-16,20,26,28H,5,8,17-19,32H2,1H3,(H,33,34)(H,35,38)/t26-,28-/m0/s1. The largest absolute Gasteiger partial charge is 0.453 e. The summed E-state index contributed by atoms with van der Waals surface area (Å²) < 4.78 is 4.81. The fraction of sp³-hybridized carbons (Fsp3) is 0.258. The Labute approximate surface area is 228 Å². The molecule has 3 aromatic carbocycles. The zero-order chi connectivity index (χ0) is 27.2. The van der Waals surface area contributed by atoms with Crippen LogP contribution in [0.5, 0.6) is 0 Å². The van der Waals surface area contributed by atoms with E-state index in [4.69, 9.17) is 10.5 Å². The summed E-state index contributed by atoms with van der Waals surface area (Å²) in [6.45, 7) is 1.04. The van der Waals surface area contributed by atoms with E-state index in [0.717, 1.165) is 46.6 Å². The van der Waals surface area contributed by atoms with E-state index in [0.29, 0.717) is 19.5 Å². The number of nitrogens with one attached hydrogen (secondary N) is 2. The van der Waals surface area contributed by atoms with E-state index in [9.17, 15) is 9.59 Å². The van der Waals surface area contributed by atoms with Gasteiger partial charge in [0.15, 0.2) is 0 Å². The highest BCUT2D eigenvalue weighted by molar-refractivity contribution is 5.86. The normalized spacial score (nSPS) is 15.6. The lowest BCUT2D eigenvalue weighted by atomic mass is 10.0. The topological polar surface area (TPSA) is 113 Å². The smallest absolute Gasteiger partial charge is 0.407 e. The zero-order valence-electron chi connectivity index (χ0n) is 22.0. The number of hydrogen-bond donors (Lipinski definition) is 3. The maximum atomic E-state index is 13.8. The number of ether oxygens (including phenoxy) is 1. The van der Waals surface area contributed by atoms with Crippen molar-refractivity contribution in [2.45, 2.75) is 37.9 Å². The van der Waals surface area contributed by atoms with E-state index >= 15 is 0 Å². The lowest BCUT2D eigenvalue weighted by Gasteiger charge is -2.28. The maximum absolute atomic E-state index is 13.8. The molecule has 2 heterocycles. The summed E-state index contributed by atoms with van der Waals surface area (Å²) >= 11 is 0. The average Bonchev–Trinajstić information content (AvgIpc) is 3.68. The van der Waals surface area contributed by atoms with Crippen molar-refractivity contribution >= 4 is 12.0 Å². The molecule has 1 aromatic heterocycles. The molecule has 2 atom stereocenters. The van der Waals surface area contributed by atoms with Gasteiger partial charge in [-0.25, -0.2) is 9.78 Å². The van der Waals surface area contributed by atoms with Crippen LogP contribution in [0.4, 0.5) is 4.79 Å². The number of nitrogens with zero attached hydrogens (tertiary/aromatic N) is 2. The average molecular weight is 524 g/mol. The SMILES string of the molecule is COC(=O)N[C@@H](Cc1ccc(CN)cc1)C(=O)N1CCC[C@H]1c1ncc(-c2ccc(-c3ccccc3)cc2)[nH]1. The van der Waals surface area contributed by atoms with Gasteiger partial charge in [-0.05, 0) is 40.7 Å². The van der Waals surface area contributed by atoms with E-state index in [2.05, 4.69) is 51.7 Å². The summed E-state index contributed by atoms with van der Waals surface area (Å²) in [5, 5.41) is 2.73. The van der Waals surface area contributed by atoms with Crippen molar-refractivity contribution in [1.29, 1.82) is 0 Å². The van der Waals surface area contributed by atoms with Gasteiger partial charge >= 0.3 is 6.09 Å². The van der Waals surface area contributed by atoms with Crippen LogP contribution in [0.1, 0.15) is 35.8 Å². The summed E-state index contributed by atoms with van der Waals surface area (Å²) in [6.07, 6.45) is 3.17. The third-order valence-electron chi connectivity index (χ3n) is 7.22. The Balaban J connectivity index is 1.33. The molecule has 0 radical (unpaired) electrons. The van der Waals surface area contributed by atoms with Crippen molar-refractivity contribution in [1.82, 2.24) is 20.2 Å². The molecule has 0 saturated carbocycles. The number of likely N-dealkylation sites (tertiary alicyclic amines) is 1. The highest BCUT2D eigenvalue weighted by Crippen LogP contribution is 2.33. The van der Waals surface area contributed by atoms with E-state index < -0.39 is 12.1 Å². The quantitative estimate of drug-likeness (QED) is 0.306. The molecular formula is C31H33N5O3. The van der Waals surface area contributed by atoms with Crippen LogP contribution in [0.15, 0.2) is 85.1 Å². The Morgan fingerprint density at radius 2 is 1.67 bits per heavy atom. The number of aromatic amines is 1. The van der Waals surface area contributed by atoms with Crippen LogP contribution in [-0.2, 0) is 22.5 Å². The van der Waals surface area contributed by atoms with E-state index in [1.165, 1.54) is 12.7 Å². The van der Waals surface area contributed by atoms with Crippen molar-refractivity contribution in [3.05, 3.63) is 102 Å². The second-order valence-corrected chi connectivity index (χ2v) is 9.73. The molecule has 2 amide bonds. The number of nitrogens with two attached hydrogens (primary N) is 1. The molecule has 0 aliphatic carbocycles. The number of aromatic nitrogens is 2. The van der Waals surface area contributed by atoms with Gasteiger partial charge in [0.1, 0.15) is 11.9 Å². The molecule has 4 N–H and O–H groups in total. The highest BCUT2D eigenvalue weighted by atomic mass is 16.5. The number of methoxy groups -OCH3 is 1.